The zero-order valence-corrected chi connectivity index (χ0v) is 21.1. The number of nitrogens with zero attached hydrogens (tertiary/aromatic N) is 1. The van der Waals surface area contributed by atoms with Gasteiger partial charge >= 0.3 is 6.18 Å². The maximum absolute atomic E-state index is 15.3. The van der Waals surface area contributed by atoms with Crippen LogP contribution in [-0.2, 0) is 30.9 Å². The first-order valence-corrected chi connectivity index (χ1v) is 12.9. The summed E-state index contributed by atoms with van der Waals surface area (Å²) in [4.78, 5) is 18.0. The lowest BCUT2D eigenvalue weighted by Crippen LogP contribution is -2.60. The number of sulfonamides is 1. The number of hydrogen-bond acceptors (Lipinski definition) is 5. The van der Waals surface area contributed by atoms with E-state index in [-0.39, 0.29) is 29.9 Å². The first kappa shape index (κ1) is 27.6. The third-order valence-corrected chi connectivity index (χ3v) is 7.88. The normalized spacial score (nSPS) is 21.3. The molecule has 2 aliphatic heterocycles. The van der Waals surface area contributed by atoms with Gasteiger partial charge in [-0.25, -0.2) is 21.9 Å². The van der Waals surface area contributed by atoms with Crippen LogP contribution in [0.15, 0.2) is 42.5 Å². The Hall–Kier alpha value is -2.45. The number of halogens is 7. The molecular weight excluding hydrogens is 568 g/mol. The summed E-state index contributed by atoms with van der Waals surface area (Å²) in [6.07, 6.45) is -4.27. The van der Waals surface area contributed by atoms with Crippen LogP contribution in [0.25, 0.3) is 5.70 Å². The van der Waals surface area contributed by atoms with E-state index in [1.807, 2.05) is 4.72 Å². The summed E-state index contributed by atoms with van der Waals surface area (Å²) >= 11 is 11.4. The summed E-state index contributed by atoms with van der Waals surface area (Å²) in [5.74, 6) is -2.65. The quantitative estimate of drug-likeness (QED) is 0.395. The summed E-state index contributed by atoms with van der Waals surface area (Å²) in [6.45, 7) is -0.754. The maximum atomic E-state index is 15.3. The first-order valence-electron chi connectivity index (χ1n) is 10.5. The topological polar surface area (TPSA) is 87.7 Å². The lowest BCUT2D eigenvalue weighted by molar-refractivity contribution is -0.269. The van der Waals surface area contributed by atoms with Crippen molar-refractivity contribution in [3.8, 4) is 0 Å². The van der Waals surface area contributed by atoms with Gasteiger partial charge in [-0.1, -0.05) is 47.5 Å². The Labute approximate surface area is 218 Å². The Morgan fingerprint density at radius 3 is 2.22 bits per heavy atom. The number of benzene rings is 2. The zero-order valence-electron chi connectivity index (χ0n) is 18.8. The molecule has 2 aromatic carbocycles. The Morgan fingerprint density at radius 2 is 1.70 bits per heavy atom. The van der Waals surface area contributed by atoms with Crippen molar-refractivity contribution in [2.45, 2.75) is 17.4 Å². The van der Waals surface area contributed by atoms with Gasteiger partial charge in [0.05, 0.1) is 28.8 Å². The van der Waals surface area contributed by atoms with Crippen LogP contribution in [0.5, 0.6) is 0 Å². The number of carbonyl (C=O) groups is 1. The van der Waals surface area contributed by atoms with Crippen LogP contribution in [0, 0.1) is 5.82 Å². The van der Waals surface area contributed by atoms with Crippen molar-refractivity contribution in [2.75, 3.05) is 25.9 Å². The molecule has 1 unspecified atom stereocenters. The van der Waals surface area contributed by atoms with Gasteiger partial charge in [-0.3, -0.25) is 15.1 Å². The second-order valence-electron chi connectivity index (χ2n) is 8.51. The maximum Gasteiger partial charge on any atom is 0.428 e. The first-order chi connectivity index (χ1) is 17.1. The molecule has 1 saturated heterocycles. The molecule has 7 nitrogen and oxygen atoms in total. The van der Waals surface area contributed by atoms with E-state index in [0.29, 0.717) is 0 Å². The highest BCUT2D eigenvalue weighted by molar-refractivity contribution is 7.90. The average molecular weight is 586 g/mol. The van der Waals surface area contributed by atoms with Crippen molar-refractivity contribution < 1.29 is 40.0 Å². The van der Waals surface area contributed by atoms with Crippen LogP contribution in [0.2, 0.25) is 10.0 Å². The highest BCUT2D eigenvalue weighted by Gasteiger charge is 2.60. The molecule has 15 heteroatoms. The predicted octanol–water partition coefficient (Wildman–Crippen LogP) is 4.02. The summed E-state index contributed by atoms with van der Waals surface area (Å²) < 4.78 is 96.5. The molecule has 200 valence electrons. The Balaban J connectivity index is 1.56. The van der Waals surface area contributed by atoms with Crippen molar-refractivity contribution in [3.63, 3.8) is 0 Å². The molecule has 1 amide bonds. The molecular formula is C22H18Cl2F5N3O4S. The van der Waals surface area contributed by atoms with E-state index in [9.17, 15) is 30.8 Å². The number of carbonyl (C=O) groups excluding carboxylic acids is 1. The standard InChI is InChI=1S/C22H18Cl2F5N3O4S/c1-30-37(34,35)9-18(33)32-10-20(26,11-32)13-4-2-12(3-5-13)17-8-21(36-31-17,22(27,28)29)14-6-15(23)19(25)16(24)7-14/h2-8,30-31H,9-11H2,1H3. The molecule has 0 aromatic heterocycles. The number of hydrogen-bond donors (Lipinski definition) is 2. The molecule has 0 radical (unpaired) electrons. The van der Waals surface area contributed by atoms with Gasteiger partial charge in [-0.2, -0.15) is 13.2 Å². The minimum atomic E-state index is -5.00. The Kier molecular flexibility index (Phi) is 6.99. The smallest absolute Gasteiger partial charge is 0.334 e. The van der Waals surface area contributed by atoms with Gasteiger partial charge in [0, 0.05) is 5.56 Å². The molecule has 2 aromatic rings. The van der Waals surface area contributed by atoms with Gasteiger partial charge in [0.15, 0.2) is 11.5 Å². The van der Waals surface area contributed by atoms with Gasteiger partial charge in [-0.05, 0) is 36.4 Å². The zero-order chi connectivity index (χ0) is 27.4. The minimum absolute atomic E-state index is 0.101. The van der Waals surface area contributed by atoms with Crippen molar-refractivity contribution >= 4 is 44.8 Å². The van der Waals surface area contributed by atoms with Crippen molar-refractivity contribution in [2.24, 2.45) is 0 Å². The third-order valence-electron chi connectivity index (χ3n) is 6.08. The third kappa shape index (κ3) is 5.02. The van der Waals surface area contributed by atoms with Crippen LogP contribution in [0.4, 0.5) is 22.0 Å². The van der Waals surface area contributed by atoms with E-state index in [1.165, 1.54) is 24.3 Å². The fourth-order valence-electron chi connectivity index (χ4n) is 3.95. The van der Waals surface area contributed by atoms with E-state index in [0.717, 1.165) is 30.2 Å². The van der Waals surface area contributed by atoms with Crippen LogP contribution in [-0.4, -0.2) is 51.3 Å². The number of hydroxylamine groups is 1. The molecule has 0 saturated carbocycles. The van der Waals surface area contributed by atoms with E-state index < -0.39 is 60.6 Å². The second-order valence-corrected chi connectivity index (χ2v) is 11.2. The summed E-state index contributed by atoms with van der Waals surface area (Å²) in [6, 6.07) is 6.90. The van der Waals surface area contributed by atoms with Gasteiger partial charge in [-0.15, -0.1) is 0 Å². The lowest BCUT2D eigenvalue weighted by Gasteiger charge is -2.44. The lowest BCUT2D eigenvalue weighted by atomic mass is 9.87. The summed E-state index contributed by atoms with van der Waals surface area (Å²) in [5, 5.41) is -1.24. The molecule has 1 fully saturated rings. The fraction of sp³-hybridized carbons (Fsp3) is 0.318. The highest BCUT2D eigenvalue weighted by atomic mass is 35.5. The predicted molar refractivity (Wildman–Crippen MR) is 125 cm³/mol. The fourth-order valence-corrected chi connectivity index (χ4v) is 5.09. The van der Waals surface area contributed by atoms with Crippen molar-refractivity contribution in [1.29, 1.82) is 0 Å². The molecule has 4 rings (SSSR count). The average Bonchev–Trinajstić information content (AvgIpc) is 3.27. The van der Waals surface area contributed by atoms with E-state index in [1.54, 1.807) is 0 Å². The SMILES string of the molecule is CNS(=O)(=O)CC(=O)N1CC(F)(c2ccc(C3=CC(c4cc(Cl)c(F)c(Cl)c4)(C(F)(F)F)ON3)cc2)C1. The molecule has 1 atom stereocenters. The number of amides is 1. The largest absolute Gasteiger partial charge is 0.428 e. The number of rotatable bonds is 6. The molecule has 2 heterocycles. The second kappa shape index (κ2) is 9.38. The van der Waals surface area contributed by atoms with Gasteiger partial charge < -0.3 is 4.90 Å². The van der Waals surface area contributed by atoms with Crippen molar-refractivity contribution in [1.82, 2.24) is 15.1 Å². The Morgan fingerprint density at radius 1 is 1.14 bits per heavy atom. The molecule has 2 aliphatic rings. The molecule has 0 spiro atoms. The summed E-state index contributed by atoms with van der Waals surface area (Å²) in [5.41, 5.74) is -3.08. The van der Waals surface area contributed by atoms with Gasteiger partial charge in [0.2, 0.25) is 21.5 Å². The number of likely N-dealkylation sites (tertiary alicyclic amines) is 1. The van der Waals surface area contributed by atoms with Gasteiger partial charge in [0.1, 0.15) is 5.75 Å². The monoisotopic (exact) mass is 585 g/mol. The minimum Gasteiger partial charge on any atom is -0.334 e. The molecule has 0 aliphatic carbocycles. The van der Waals surface area contributed by atoms with Crippen LogP contribution in [0.3, 0.4) is 0 Å². The number of alkyl halides is 4. The molecule has 37 heavy (non-hydrogen) atoms. The molecule has 2 N–H and O–H groups in total. The highest BCUT2D eigenvalue weighted by Crippen LogP contribution is 2.48. The molecule has 0 bridgehead atoms. The summed E-state index contributed by atoms with van der Waals surface area (Å²) in [7, 11) is -2.65. The van der Waals surface area contributed by atoms with Crippen LogP contribution >= 0.6 is 23.2 Å². The van der Waals surface area contributed by atoms with Crippen LogP contribution < -0.4 is 10.2 Å². The van der Waals surface area contributed by atoms with E-state index >= 15 is 4.39 Å². The van der Waals surface area contributed by atoms with Crippen molar-refractivity contribution in [3.05, 3.63) is 75.0 Å². The van der Waals surface area contributed by atoms with E-state index in [2.05, 4.69) is 5.48 Å². The van der Waals surface area contributed by atoms with E-state index in [4.69, 9.17) is 28.0 Å². The Bertz CT molecular complexity index is 1360. The van der Waals surface area contributed by atoms with Crippen LogP contribution in [0.1, 0.15) is 16.7 Å². The van der Waals surface area contributed by atoms with Gasteiger partial charge in [0.25, 0.3) is 0 Å². The number of nitrogens with one attached hydrogen (secondary N) is 2.